The second-order valence-corrected chi connectivity index (χ2v) is 7.91. The highest BCUT2D eigenvalue weighted by Gasteiger charge is 2.36. The van der Waals surface area contributed by atoms with Gasteiger partial charge >= 0.3 is 0 Å². The minimum absolute atomic E-state index is 0.110. The molecule has 1 aliphatic heterocycles. The highest BCUT2D eigenvalue weighted by molar-refractivity contribution is 5.86. The van der Waals surface area contributed by atoms with Gasteiger partial charge in [0.2, 0.25) is 5.91 Å². The van der Waals surface area contributed by atoms with E-state index in [1.165, 1.54) is 0 Å². The maximum absolute atomic E-state index is 12.9. The van der Waals surface area contributed by atoms with Crippen molar-refractivity contribution in [3.63, 3.8) is 0 Å². The first-order valence-electron chi connectivity index (χ1n) is 10.0. The van der Waals surface area contributed by atoms with E-state index in [0.29, 0.717) is 12.6 Å². The SMILES string of the molecule is CCC(C)NC(=O)C1CC(C)N(Cc2nnnn2C2CC2)c2ccccc21. The predicted molar refractivity (Wildman–Crippen MR) is 103 cm³/mol. The molecule has 1 fully saturated rings. The lowest BCUT2D eigenvalue weighted by Crippen LogP contribution is -2.44. The summed E-state index contributed by atoms with van der Waals surface area (Å²) in [5, 5.41) is 15.5. The summed E-state index contributed by atoms with van der Waals surface area (Å²) in [6.07, 6.45) is 4.04. The molecule has 7 nitrogen and oxygen atoms in total. The van der Waals surface area contributed by atoms with E-state index >= 15 is 0 Å². The van der Waals surface area contributed by atoms with Gasteiger partial charge in [-0.3, -0.25) is 4.79 Å². The Bertz CT molecular complexity index is 814. The van der Waals surface area contributed by atoms with E-state index in [1.807, 2.05) is 16.8 Å². The number of anilines is 1. The van der Waals surface area contributed by atoms with Crippen LogP contribution in [0, 0.1) is 0 Å². The summed E-state index contributed by atoms with van der Waals surface area (Å²) >= 11 is 0. The number of aromatic nitrogens is 4. The average Bonchev–Trinajstić information content (AvgIpc) is 3.42. The number of rotatable bonds is 6. The van der Waals surface area contributed by atoms with Gasteiger partial charge in [-0.1, -0.05) is 25.1 Å². The minimum Gasteiger partial charge on any atom is -0.361 e. The molecule has 1 saturated carbocycles. The second-order valence-electron chi connectivity index (χ2n) is 7.91. The topological polar surface area (TPSA) is 75.9 Å². The molecule has 2 aliphatic rings. The Morgan fingerprint density at radius 1 is 1.33 bits per heavy atom. The van der Waals surface area contributed by atoms with Crippen LogP contribution in [-0.2, 0) is 11.3 Å². The first-order chi connectivity index (χ1) is 13.1. The number of benzene rings is 1. The normalized spacial score (nSPS) is 23.0. The lowest BCUT2D eigenvalue weighted by atomic mass is 9.85. The van der Waals surface area contributed by atoms with Crippen molar-refractivity contribution < 1.29 is 4.79 Å². The fourth-order valence-corrected chi connectivity index (χ4v) is 3.88. The first-order valence-corrected chi connectivity index (χ1v) is 10.0. The molecule has 0 spiro atoms. The molecular weight excluding hydrogens is 340 g/mol. The van der Waals surface area contributed by atoms with E-state index < -0.39 is 0 Å². The standard InChI is InChI=1S/C20H28N6O/c1-4-13(2)21-20(27)17-11-14(3)25(18-8-6-5-7-16(17)18)12-19-22-23-24-26(19)15-9-10-15/h5-8,13-15,17H,4,9-12H2,1-3H3,(H,21,27). The summed E-state index contributed by atoms with van der Waals surface area (Å²) < 4.78 is 1.97. The quantitative estimate of drug-likeness (QED) is 0.848. The Kier molecular flexibility index (Phi) is 4.85. The van der Waals surface area contributed by atoms with E-state index in [1.54, 1.807) is 0 Å². The van der Waals surface area contributed by atoms with Crippen molar-refractivity contribution in [2.45, 2.75) is 77.0 Å². The summed E-state index contributed by atoms with van der Waals surface area (Å²) in [6, 6.07) is 9.14. The molecule has 1 aromatic carbocycles. The Labute approximate surface area is 160 Å². The molecule has 7 heteroatoms. The van der Waals surface area contributed by atoms with Crippen LogP contribution in [-0.4, -0.2) is 38.2 Å². The van der Waals surface area contributed by atoms with Crippen LogP contribution in [0.1, 0.15) is 69.8 Å². The van der Waals surface area contributed by atoms with Crippen LogP contribution in [0.2, 0.25) is 0 Å². The van der Waals surface area contributed by atoms with Crippen LogP contribution in [0.4, 0.5) is 5.69 Å². The van der Waals surface area contributed by atoms with Gasteiger partial charge in [-0.2, -0.15) is 0 Å². The number of hydrogen-bond donors (Lipinski definition) is 1. The summed E-state index contributed by atoms with van der Waals surface area (Å²) in [6.45, 7) is 7.00. The number of nitrogens with one attached hydrogen (secondary N) is 1. The van der Waals surface area contributed by atoms with Gasteiger partial charge < -0.3 is 10.2 Å². The van der Waals surface area contributed by atoms with Crippen molar-refractivity contribution in [1.29, 1.82) is 0 Å². The average molecular weight is 368 g/mol. The molecule has 3 unspecified atom stereocenters. The zero-order valence-electron chi connectivity index (χ0n) is 16.3. The molecule has 144 valence electrons. The zero-order chi connectivity index (χ0) is 19.0. The lowest BCUT2D eigenvalue weighted by Gasteiger charge is -2.40. The maximum Gasteiger partial charge on any atom is 0.227 e. The van der Waals surface area contributed by atoms with Gasteiger partial charge in [0.1, 0.15) is 0 Å². The maximum atomic E-state index is 12.9. The largest absolute Gasteiger partial charge is 0.361 e. The van der Waals surface area contributed by atoms with E-state index in [0.717, 1.165) is 42.8 Å². The second kappa shape index (κ2) is 7.29. The van der Waals surface area contributed by atoms with Gasteiger partial charge in [-0.05, 0) is 61.6 Å². The van der Waals surface area contributed by atoms with Gasteiger partial charge in [0.25, 0.3) is 0 Å². The molecule has 27 heavy (non-hydrogen) atoms. The molecule has 1 N–H and O–H groups in total. The number of para-hydroxylation sites is 1. The number of carbonyl (C=O) groups is 1. The summed E-state index contributed by atoms with van der Waals surface area (Å²) in [5.74, 6) is 0.925. The lowest BCUT2D eigenvalue weighted by molar-refractivity contribution is -0.123. The van der Waals surface area contributed by atoms with Crippen molar-refractivity contribution in [3.05, 3.63) is 35.7 Å². The number of tetrazole rings is 1. The number of amides is 1. The molecule has 1 aromatic heterocycles. The molecule has 2 aromatic rings. The fraction of sp³-hybridized carbons (Fsp3) is 0.600. The van der Waals surface area contributed by atoms with Gasteiger partial charge in [0.05, 0.1) is 18.5 Å². The van der Waals surface area contributed by atoms with Crippen molar-refractivity contribution >= 4 is 11.6 Å². The Hall–Kier alpha value is -2.44. The third-order valence-electron chi connectivity index (χ3n) is 5.81. The minimum atomic E-state index is -0.110. The summed E-state index contributed by atoms with van der Waals surface area (Å²) in [4.78, 5) is 15.2. The van der Waals surface area contributed by atoms with Crippen molar-refractivity contribution in [3.8, 4) is 0 Å². The van der Waals surface area contributed by atoms with Gasteiger partial charge in [0.15, 0.2) is 5.82 Å². The van der Waals surface area contributed by atoms with E-state index in [2.05, 4.69) is 58.6 Å². The predicted octanol–water partition coefficient (Wildman–Crippen LogP) is 2.81. The van der Waals surface area contributed by atoms with Crippen molar-refractivity contribution in [1.82, 2.24) is 25.5 Å². The van der Waals surface area contributed by atoms with Crippen LogP contribution in [0.15, 0.2) is 24.3 Å². The third-order valence-corrected chi connectivity index (χ3v) is 5.81. The fourth-order valence-electron chi connectivity index (χ4n) is 3.88. The van der Waals surface area contributed by atoms with Crippen LogP contribution in [0.3, 0.4) is 0 Å². The highest BCUT2D eigenvalue weighted by Crippen LogP contribution is 2.40. The monoisotopic (exact) mass is 368 g/mol. The Morgan fingerprint density at radius 3 is 2.85 bits per heavy atom. The van der Waals surface area contributed by atoms with Gasteiger partial charge in [-0.15, -0.1) is 5.10 Å². The number of hydrogen-bond acceptors (Lipinski definition) is 5. The third kappa shape index (κ3) is 3.55. The number of fused-ring (bicyclic) bond motifs is 1. The van der Waals surface area contributed by atoms with Gasteiger partial charge in [0, 0.05) is 17.8 Å². The smallest absolute Gasteiger partial charge is 0.227 e. The Balaban J connectivity index is 1.61. The van der Waals surface area contributed by atoms with Crippen LogP contribution in [0.5, 0.6) is 0 Å². The molecule has 1 amide bonds. The van der Waals surface area contributed by atoms with Gasteiger partial charge in [-0.25, -0.2) is 4.68 Å². The molecule has 2 heterocycles. The summed E-state index contributed by atoms with van der Waals surface area (Å²) in [7, 11) is 0. The highest BCUT2D eigenvalue weighted by atomic mass is 16.1. The summed E-state index contributed by atoms with van der Waals surface area (Å²) in [5.41, 5.74) is 2.22. The molecule has 0 bridgehead atoms. The molecule has 0 saturated heterocycles. The van der Waals surface area contributed by atoms with E-state index in [-0.39, 0.29) is 23.9 Å². The van der Waals surface area contributed by atoms with Crippen LogP contribution < -0.4 is 10.2 Å². The molecule has 4 rings (SSSR count). The number of carbonyl (C=O) groups excluding carboxylic acids is 1. The van der Waals surface area contributed by atoms with E-state index in [4.69, 9.17) is 0 Å². The number of nitrogens with zero attached hydrogens (tertiary/aromatic N) is 5. The van der Waals surface area contributed by atoms with Crippen molar-refractivity contribution in [2.75, 3.05) is 4.90 Å². The molecule has 1 aliphatic carbocycles. The molecular formula is C20H28N6O. The van der Waals surface area contributed by atoms with Crippen molar-refractivity contribution in [2.24, 2.45) is 0 Å². The van der Waals surface area contributed by atoms with Crippen LogP contribution >= 0.6 is 0 Å². The molecule has 3 atom stereocenters. The molecule has 0 radical (unpaired) electrons. The van der Waals surface area contributed by atoms with Crippen LogP contribution in [0.25, 0.3) is 0 Å². The zero-order valence-corrected chi connectivity index (χ0v) is 16.3. The van der Waals surface area contributed by atoms with E-state index in [9.17, 15) is 4.79 Å². The Morgan fingerprint density at radius 2 is 2.11 bits per heavy atom. The first kappa shape index (κ1) is 17.9.